The third-order valence-corrected chi connectivity index (χ3v) is 8.18. The van der Waals surface area contributed by atoms with Gasteiger partial charge in [-0.15, -0.1) is 17.9 Å². The largest absolute Gasteiger partial charge is 0.373 e. The zero-order chi connectivity index (χ0) is 24.3. The smallest absolute Gasteiger partial charge is 0.260 e. The number of carbonyl (C=O) groups is 1. The normalized spacial score (nSPS) is 19.0. The van der Waals surface area contributed by atoms with Gasteiger partial charge in [0.25, 0.3) is 5.91 Å². The van der Waals surface area contributed by atoms with E-state index in [-0.39, 0.29) is 29.6 Å². The van der Waals surface area contributed by atoms with Crippen LogP contribution in [-0.4, -0.2) is 55.5 Å². The molecule has 1 aromatic heterocycles. The van der Waals surface area contributed by atoms with E-state index in [1.54, 1.807) is 23.1 Å². The summed E-state index contributed by atoms with van der Waals surface area (Å²) in [6, 6.07) is 15.8. The number of sulfonamides is 1. The first-order chi connectivity index (χ1) is 16.3. The molecule has 0 spiro atoms. The Morgan fingerprint density at radius 1 is 1.15 bits per heavy atom. The minimum atomic E-state index is -3.68. The van der Waals surface area contributed by atoms with Gasteiger partial charge in [-0.2, -0.15) is 4.31 Å². The number of carbonyl (C=O) groups excluding carboxylic acids is 1. The molecule has 0 N–H and O–H groups in total. The molecule has 4 rings (SSSR count). The van der Waals surface area contributed by atoms with E-state index in [4.69, 9.17) is 4.74 Å². The summed E-state index contributed by atoms with van der Waals surface area (Å²) in [7, 11) is -3.68. The van der Waals surface area contributed by atoms with Crippen LogP contribution in [0.3, 0.4) is 0 Å². The van der Waals surface area contributed by atoms with Crippen LogP contribution in [-0.2, 0) is 14.8 Å². The van der Waals surface area contributed by atoms with Gasteiger partial charge in [-0.1, -0.05) is 36.4 Å². The van der Waals surface area contributed by atoms with Crippen LogP contribution in [0.4, 0.5) is 5.13 Å². The highest BCUT2D eigenvalue weighted by molar-refractivity contribution is 7.89. The van der Waals surface area contributed by atoms with Crippen molar-refractivity contribution < 1.29 is 17.9 Å². The van der Waals surface area contributed by atoms with Gasteiger partial charge in [-0.05, 0) is 38.1 Å². The molecule has 34 heavy (non-hydrogen) atoms. The molecular weight excluding hydrogens is 470 g/mol. The van der Waals surface area contributed by atoms with Crippen LogP contribution in [0.25, 0.3) is 11.3 Å². The molecule has 1 saturated heterocycles. The number of ether oxygens (including phenoxy) is 1. The maximum atomic E-state index is 13.3. The van der Waals surface area contributed by atoms with Crippen molar-refractivity contribution in [1.29, 1.82) is 0 Å². The summed E-state index contributed by atoms with van der Waals surface area (Å²) in [5, 5.41) is 2.46. The number of amides is 1. The van der Waals surface area contributed by atoms with Crippen molar-refractivity contribution in [3.05, 3.63) is 78.2 Å². The third kappa shape index (κ3) is 5.12. The van der Waals surface area contributed by atoms with Gasteiger partial charge >= 0.3 is 0 Å². The van der Waals surface area contributed by atoms with Crippen LogP contribution in [0.15, 0.2) is 77.5 Å². The van der Waals surface area contributed by atoms with Crippen LogP contribution in [0.5, 0.6) is 0 Å². The SMILES string of the molecule is C=CCN(C(=O)c1ccc(S(=O)(=O)N2CC(C)OC(C)C2)cc1)c1nc(-c2ccccc2)cs1. The van der Waals surface area contributed by atoms with Crippen molar-refractivity contribution >= 4 is 32.4 Å². The van der Waals surface area contributed by atoms with Crippen LogP contribution >= 0.6 is 11.3 Å². The second-order valence-corrected chi connectivity index (χ2v) is 11.0. The molecule has 0 saturated carbocycles. The first-order valence-corrected chi connectivity index (χ1v) is 13.3. The lowest BCUT2D eigenvalue weighted by molar-refractivity contribution is -0.0440. The number of aromatic nitrogens is 1. The van der Waals surface area contributed by atoms with Gasteiger partial charge in [0.2, 0.25) is 10.0 Å². The van der Waals surface area contributed by atoms with E-state index in [9.17, 15) is 13.2 Å². The Bertz CT molecular complexity index is 1250. The Kier molecular flexibility index (Phi) is 7.27. The summed E-state index contributed by atoms with van der Waals surface area (Å²) in [4.78, 5) is 19.6. The minimum absolute atomic E-state index is 0.154. The molecule has 2 atom stereocenters. The van der Waals surface area contributed by atoms with Crippen molar-refractivity contribution in [1.82, 2.24) is 9.29 Å². The molecule has 1 amide bonds. The summed E-state index contributed by atoms with van der Waals surface area (Å²) in [6.45, 7) is 8.36. The average Bonchev–Trinajstić information content (AvgIpc) is 3.32. The van der Waals surface area contributed by atoms with Crippen LogP contribution < -0.4 is 4.90 Å². The Morgan fingerprint density at radius 3 is 2.41 bits per heavy atom. The highest BCUT2D eigenvalue weighted by atomic mass is 32.2. The number of morpholine rings is 1. The minimum Gasteiger partial charge on any atom is -0.373 e. The molecule has 2 aromatic carbocycles. The first-order valence-electron chi connectivity index (χ1n) is 11.0. The standard InChI is InChI=1S/C25H27N3O4S2/c1-4-14-28(25-26-23(17-33-25)20-8-6-5-7-9-20)24(29)21-10-12-22(13-11-21)34(30,31)27-15-18(2)32-19(3)16-27/h4-13,17-19H,1,14-16H2,2-3H3. The summed E-state index contributed by atoms with van der Waals surface area (Å²) >= 11 is 1.37. The van der Waals surface area contributed by atoms with Gasteiger partial charge in [0.05, 0.1) is 22.8 Å². The van der Waals surface area contributed by atoms with Gasteiger partial charge < -0.3 is 4.74 Å². The lowest BCUT2D eigenvalue weighted by Crippen LogP contribution is -2.48. The van der Waals surface area contributed by atoms with Crippen molar-refractivity contribution in [2.24, 2.45) is 0 Å². The van der Waals surface area contributed by atoms with E-state index in [1.165, 1.54) is 27.8 Å². The zero-order valence-electron chi connectivity index (χ0n) is 19.1. The second kappa shape index (κ2) is 10.2. The fourth-order valence-electron chi connectivity index (χ4n) is 3.91. The summed E-state index contributed by atoms with van der Waals surface area (Å²) in [5.41, 5.74) is 2.14. The summed E-state index contributed by atoms with van der Waals surface area (Å²) in [5.74, 6) is -0.272. The lowest BCUT2D eigenvalue weighted by Gasteiger charge is -2.34. The van der Waals surface area contributed by atoms with Crippen molar-refractivity contribution in [3.8, 4) is 11.3 Å². The number of thiazole rings is 1. The third-order valence-electron chi connectivity index (χ3n) is 5.47. The molecule has 0 aliphatic carbocycles. The Hall–Kier alpha value is -2.85. The van der Waals surface area contributed by atoms with Gasteiger partial charge in [-0.3, -0.25) is 9.69 Å². The zero-order valence-corrected chi connectivity index (χ0v) is 20.8. The second-order valence-electron chi connectivity index (χ2n) is 8.19. The molecular formula is C25H27N3O4S2. The highest BCUT2D eigenvalue weighted by Crippen LogP contribution is 2.29. The first kappa shape index (κ1) is 24.3. The molecule has 7 nitrogen and oxygen atoms in total. The maximum Gasteiger partial charge on any atom is 0.260 e. The van der Waals surface area contributed by atoms with E-state index in [1.807, 2.05) is 49.6 Å². The van der Waals surface area contributed by atoms with Gasteiger partial charge in [0.15, 0.2) is 5.13 Å². The molecule has 2 unspecified atom stereocenters. The monoisotopic (exact) mass is 497 g/mol. The van der Waals surface area contributed by atoms with E-state index in [2.05, 4.69) is 11.6 Å². The van der Waals surface area contributed by atoms with E-state index in [0.29, 0.717) is 23.8 Å². The lowest BCUT2D eigenvalue weighted by atomic mass is 10.2. The fourth-order valence-corrected chi connectivity index (χ4v) is 6.34. The van der Waals surface area contributed by atoms with Crippen molar-refractivity contribution in [3.63, 3.8) is 0 Å². The molecule has 2 heterocycles. The number of nitrogens with zero attached hydrogens (tertiary/aromatic N) is 3. The predicted octanol–water partition coefficient (Wildman–Crippen LogP) is 4.44. The van der Waals surface area contributed by atoms with Crippen molar-refractivity contribution in [2.45, 2.75) is 31.0 Å². The van der Waals surface area contributed by atoms with Gasteiger partial charge in [-0.25, -0.2) is 13.4 Å². The maximum absolute atomic E-state index is 13.3. The van der Waals surface area contributed by atoms with Crippen LogP contribution in [0.1, 0.15) is 24.2 Å². The quantitative estimate of drug-likeness (QED) is 0.451. The van der Waals surface area contributed by atoms with E-state index in [0.717, 1.165) is 11.3 Å². The summed E-state index contributed by atoms with van der Waals surface area (Å²) in [6.07, 6.45) is 1.29. The number of hydrogen-bond donors (Lipinski definition) is 0. The molecule has 3 aromatic rings. The Labute approximate surface area is 204 Å². The van der Waals surface area contributed by atoms with Crippen molar-refractivity contribution in [2.75, 3.05) is 24.5 Å². The fraction of sp³-hybridized carbons (Fsp3) is 0.280. The Morgan fingerprint density at radius 2 is 1.79 bits per heavy atom. The topological polar surface area (TPSA) is 79.8 Å². The van der Waals surface area contributed by atoms with E-state index < -0.39 is 10.0 Å². The molecule has 1 fully saturated rings. The van der Waals surface area contributed by atoms with Gasteiger partial charge in [0.1, 0.15) is 0 Å². The van der Waals surface area contributed by atoms with Crippen LogP contribution in [0.2, 0.25) is 0 Å². The molecule has 0 bridgehead atoms. The van der Waals surface area contributed by atoms with E-state index >= 15 is 0 Å². The molecule has 1 aliphatic rings. The number of benzene rings is 2. The van der Waals surface area contributed by atoms with Gasteiger partial charge in [0, 0.05) is 36.1 Å². The molecule has 0 radical (unpaired) electrons. The highest BCUT2D eigenvalue weighted by Gasteiger charge is 2.32. The predicted molar refractivity (Wildman–Crippen MR) is 135 cm³/mol. The summed E-state index contributed by atoms with van der Waals surface area (Å²) < 4.78 is 33.3. The Balaban J connectivity index is 1.56. The number of hydrogen-bond acceptors (Lipinski definition) is 6. The molecule has 9 heteroatoms. The average molecular weight is 498 g/mol. The molecule has 178 valence electrons. The van der Waals surface area contributed by atoms with Crippen LogP contribution in [0, 0.1) is 0 Å². The number of rotatable bonds is 7. The number of anilines is 1. The molecule has 1 aliphatic heterocycles.